The third-order valence-corrected chi connectivity index (χ3v) is 4.72. The summed E-state index contributed by atoms with van der Waals surface area (Å²) in [5.74, 6) is -0.346. The maximum atomic E-state index is 12.7. The van der Waals surface area contributed by atoms with Crippen molar-refractivity contribution in [1.82, 2.24) is 9.78 Å². The van der Waals surface area contributed by atoms with Crippen molar-refractivity contribution < 1.29 is 22.7 Å². The average Bonchev–Trinajstić information content (AvgIpc) is 3.11. The highest BCUT2D eigenvalue weighted by atomic mass is 79.9. The molecule has 5 nitrogen and oxygen atoms in total. The van der Waals surface area contributed by atoms with Gasteiger partial charge in [0.15, 0.2) is 5.82 Å². The van der Waals surface area contributed by atoms with Crippen LogP contribution in [0.4, 0.5) is 19.0 Å². The lowest BCUT2D eigenvalue weighted by molar-refractivity contribution is -0.274. The van der Waals surface area contributed by atoms with E-state index in [1.165, 1.54) is 17.0 Å². The summed E-state index contributed by atoms with van der Waals surface area (Å²) in [5.41, 5.74) is 2.02. The largest absolute Gasteiger partial charge is 0.573 e. The Balaban J connectivity index is 1.83. The quantitative estimate of drug-likeness (QED) is 0.497. The van der Waals surface area contributed by atoms with E-state index in [9.17, 15) is 18.0 Å². The number of alkyl halides is 3. The van der Waals surface area contributed by atoms with E-state index < -0.39 is 12.3 Å². The lowest BCUT2D eigenvalue weighted by Gasteiger charge is -2.15. The first-order valence-electron chi connectivity index (χ1n) is 8.65. The zero-order chi connectivity index (χ0) is 21.2. The third-order valence-electron chi connectivity index (χ3n) is 4.19. The molecule has 0 aliphatic rings. The zero-order valence-corrected chi connectivity index (χ0v) is 17.2. The van der Waals surface area contributed by atoms with E-state index in [0.29, 0.717) is 12.4 Å². The number of amides is 1. The summed E-state index contributed by atoms with van der Waals surface area (Å²) < 4.78 is 43.4. The van der Waals surface area contributed by atoms with Crippen LogP contribution in [-0.2, 0) is 6.54 Å². The van der Waals surface area contributed by atoms with Gasteiger partial charge in [0.1, 0.15) is 5.75 Å². The molecule has 0 radical (unpaired) electrons. The molecule has 2 aromatic carbocycles. The van der Waals surface area contributed by atoms with Crippen LogP contribution in [0, 0.1) is 0 Å². The van der Waals surface area contributed by atoms with Gasteiger partial charge in [-0.05, 0) is 48.9 Å². The molecule has 0 spiro atoms. The fourth-order valence-electron chi connectivity index (χ4n) is 2.76. The number of nitrogens with zero attached hydrogens (tertiary/aromatic N) is 3. The summed E-state index contributed by atoms with van der Waals surface area (Å²) in [6, 6.07) is 14.3. The van der Waals surface area contributed by atoms with Crippen LogP contribution in [0.5, 0.6) is 5.75 Å². The standard InChI is InChI=1S/C20H17BrF3N3O2/c1-3-27-17(13-4-8-15(21)9-5-13)12-18(25-27)26(2)19(28)14-6-10-16(11-7-14)29-20(22,23)24/h4-12H,3H2,1-2H3. The van der Waals surface area contributed by atoms with E-state index in [2.05, 4.69) is 25.8 Å². The molecule has 152 valence electrons. The van der Waals surface area contributed by atoms with Gasteiger partial charge < -0.3 is 4.74 Å². The third kappa shape index (κ3) is 4.97. The predicted molar refractivity (Wildman–Crippen MR) is 107 cm³/mol. The summed E-state index contributed by atoms with van der Waals surface area (Å²) in [5, 5.41) is 4.48. The lowest BCUT2D eigenvalue weighted by Crippen LogP contribution is -2.26. The number of hydrogen-bond donors (Lipinski definition) is 0. The van der Waals surface area contributed by atoms with Crippen molar-refractivity contribution in [2.45, 2.75) is 19.8 Å². The molecule has 0 fully saturated rings. The van der Waals surface area contributed by atoms with Gasteiger partial charge >= 0.3 is 6.36 Å². The molecular formula is C20H17BrF3N3O2. The molecule has 3 rings (SSSR count). The first-order chi connectivity index (χ1) is 13.7. The Morgan fingerprint density at radius 2 is 1.76 bits per heavy atom. The molecule has 3 aromatic rings. The number of rotatable bonds is 5. The van der Waals surface area contributed by atoms with Crippen LogP contribution in [0.2, 0.25) is 0 Å². The molecule has 1 heterocycles. The smallest absolute Gasteiger partial charge is 0.406 e. The Morgan fingerprint density at radius 1 is 1.14 bits per heavy atom. The van der Waals surface area contributed by atoms with Gasteiger partial charge in [-0.2, -0.15) is 5.10 Å². The second kappa shape index (κ2) is 8.28. The highest BCUT2D eigenvalue weighted by Gasteiger charge is 2.31. The number of carbonyl (C=O) groups excluding carboxylic acids is 1. The number of anilines is 1. The number of hydrogen-bond acceptors (Lipinski definition) is 3. The van der Waals surface area contributed by atoms with E-state index in [4.69, 9.17) is 0 Å². The van der Waals surface area contributed by atoms with Crippen molar-refractivity contribution in [3.05, 3.63) is 64.6 Å². The number of ether oxygens (including phenoxy) is 1. The van der Waals surface area contributed by atoms with Gasteiger partial charge in [0.2, 0.25) is 0 Å². The molecule has 0 aliphatic carbocycles. The van der Waals surface area contributed by atoms with Crippen LogP contribution in [0.3, 0.4) is 0 Å². The van der Waals surface area contributed by atoms with Crippen molar-refractivity contribution in [2.75, 3.05) is 11.9 Å². The number of aryl methyl sites for hydroxylation is 1. The lowest BCUT2D eigenvalue weighted by atomic mass is 10.1. The van der Waals surface area contributed by atoms with Gasteiger partial charge in [-0.25, -0.2) is 0 Å². The Hall–Kier alpha value is -2.81. The Bertz CT molecular complexity index is 999. The molecule has 1 aromatic heterocycles. The maximum Gasteiger partial charge on any atom is 0.573 e. The minimum atomic E-state index is -4.78. The molecule has 0 saturated carbocycles. The molecule has 0 unspecified atom stereocenters. The van der Waals surface area contributed by atoms with Gasteiger partial charge in [-0.15, -0.1) is 13.2 Å². The summed E-state index contributed by atoms with van der Waals surface area (Å²) in [4.78, 5) is 14.1. The molecule has 0 saturated heterocycles. The maximum absolute atomic E-state index is 12.7. The van der Waals surface area contributed by atoms with Crippen molar-refractivity contribution >= 4 is 27.7 Å². The minimum absolute atomic E-state index is 0.221. The van der Waals surface area contributed by atoms with Gasteiger partial charge in [0.05, 0.1) is 5.69 Å². The molecule has 29 heavy (non-hydrogen) atoms. The zero-order valence-electron chi connectivity index (χ0n) is 15.6. The summed E-state index contributed by atoms with van der Waals surface area (Å²) >= 11 is 3.40. The highest BCUT2D eigenvalue weighted by Crippen LogP contribution is 2.27. The Morgan fingerprint density at radius 3 is 2.31 bits per heavy atom. The van der Waals surface area contributed by atoms with Crippen molar-refractivity contribution in [3.8, 4) is 17.0 Å². The first kappa shape index (κ1) is 20.9. The summed E-state index contributed by atoms with van der Waals surface area (Å²) in [6.07, 6.45) is -4.78. The van der Waals surface area contributed by atoms with Crippen LogP contribution in [0.1, 0.15) is 17.3 Å². The van der Waals surface area contributed by atoms with Gasteiger partial charge in [-0.1, -0.05) is 28.1 Å². The monoisotopic (exact) mass is 467 g/mol. The highest BCUT2D eigenvalue weighted by molar-refractivity contribution is 9.10. The SMILES string of the molecule is CCn1nc(N(C)C(=O)c2ccc(OC(F)(F)F)cc2)cc1-c1ccc(Br)cc1. The van der Waals surface area contributed by atoms with E-state index >= 15 is 0 Å². The summed E-state index contributed by atoms with van der Waals surface area (Å²) in [6.45, 7) is 2.55. The van der Waals surface area contributed by atoms with Crippen LogP contribution in [0.25, 0.3) is 11.3 Å². The normalized spacial score (nSPS) is 11.4. The number of aromatic nitrogens is 2. The van der Waals surface area contributed by atoms with Crippen LogP contribution in [-0.4, -0.2) is 29.1 Å². The van der Waals surface area contributed by atoms with Crippen molar-refractivity contribution in [3.63, 3.8) is 0 Å². The topological polar surface area (TPSA) is 47.4 Å². The Kier molecular flexibility index (Phi) is 5.97. The molecule has 0 aliphatic heterocycles. The number of carbonyl (C=O) groups is 1. The van der Waals surface area contributed by atoms with Crippen LogP contribution < -0.4 is 9.64 Å². The van der Waals surface area contributed by atoms with E-state index in [-0.39, 0.29) is 11.3 Å². The first-order valence-corrected chi connectivity index (χ1v) is 9.45. The van der Waals surface area contributed by atoms with E-state index in [0.717, 1.165) is 27.9 Å². The average molecular weight is 468 g/mol. The van der Waals surface area contributed by atoms with Crippen molar-refractivity contribution in [2.24, 2.45) is 0 Å². The van der Waals surface area contributed by atoms with Crippen LogP contribution >= 0.6 is 15.9 Å². The molecule has 1 amide bonds. The molecule has 0 N–H and O–H groups in total. The van der Waals surface area contributed by atoms with E-state index in [1.54, 1.807) is 17.8 Å². The molecule has 0 bridgehead atoms. The fraction of sp³-hybridized carbons (Fsp3) is 0.200. The van der Waals surface area contributed by atoms with Gasteiger partial charge in [0, 0.05) is 29.7 Å². The van der Waals surface area contributed by atoms with Gasteiger partial charge in [0.25, 0.3) is 5.91 Å². The second-order valence-corrected chi connectivity index (χ2v) is 7.06. The van der Waals surface area contributed by atoms with E-state index in [1.807, 2.05) is 31.2 Å². The fourth-order valence-corrected chi connectivity index (χ4v) is 3.02. The minimum Gasteiger partial charge on any atom is -0.406 e. The molecule has 9 heteroatoms. The number of benzene rings is 2. The second-order valence-electron chi connectivity index (χ2n) is 6.15. The molecular weight excluding hydrogens is 451 g/mol. The molecule has 0 atom stereocenters. The van der Waals surface area contributed by atoms with Crippen molar-refractivity contribution in [1.29, 1.82) is 0 Å². The predicted octanol–water partition coefficient (Wildman–Crippen LogP) is 5.51. The van der Waals surface area contributed by atoms with Crippen LogP contribution in [0.15, 0.2) is 59.1 Å². The summed E-state index contributed by atoms with van der Waals surface area (Å²) in [7, 11) is 1.57. The number of halogens is 4. The Labute approximate surface area is 173 Å². The van der Waals surface area contributed by atoms with Gasteiger partial charge in [-0.3, -0.25) is 14.4 Å².